The van der Waals surface area contributed by atoms with Crippen molar-refractivity contribution in [2.75, 3.05) is 24.7 Å². The number of unbranched alkanes of at least 4 members (excludes halogenated alkanes) is 1. The van der Waals surface area contributed by atoms with Gasteiger partial charge in [0.15, 0.2) is 5.82 Å². The van der Waals surface area contributed by atoms with Crippen LogP contribution in [0.3, 0.4) is 0 Å². The molecule has 0 bridgehead atoms. The Hall–Kier alpha value is -2.88. The molecule has 0 aliphatic rings. The van der Waals surface area contributed by atoms with E-state index in [1.54, 1.807) is 18.9 Å². The first-order valence-corrected chi connectivity index (χ1v) is 9.87. The molecule has 0 saturated carbocycles. The van der Waals surface area contributed by atoms with E-state index >= 15 is 0 Å². The van der Waals surface area contributed by atoms with Gasteiger partial charge in [0.2, 0.25) is 5.95 Å². The molecule has 10 heteroatoms. The van der Waals surface area contributed by atoms with E-state index in [1.165, 1.54) is 0 Å². The van der Waals surface area contributed by atoms with E-state index in [0.29, 0.717) is 12.2 Å². The second-order valence-corrected chi connectivity index (χ2v) is 7.27. The summed E-state index contributed by atoms with van der Waals surface area (Å²) >= 11 is 1.55. The summed E-state index contributed by atoms with van der Waals surface area (Å²) in [4.78, 5) is 10.6. The van der Waals surface area contributed by atoms with Gasteiger partial charge in [0.1, 0.15) is 11.6 Å². The minimum absolute atomic E-state index is 0.263. The highest BCUT2D eigenvalue weighted by Crippen LogP contribution is 2.40. The van der Waals surface area contributed by atoms with Crippen LogP contribution in [-0.4, -0.2) is 44.2 Å². The number of ether oxygens (including phenoxy) is 1. The summed E-state index contributed by atoms with van der Waals surface area (Å²) < 4.78 is 5.55. The molecule has 0 unspecified atom stereocenters. The Labute approximate surface area is 167 Å². The Morgan fingerprint density at radius 3 is 2.86 bits per heavy atom. The van der Waals surface area contributed by atoms with Crippen LogP contribution in [0.15, 0.2) is 28.0 Å². The Balaban J connectivity index is 1.91. The highest BCUT2D eigenvalue weighted by atomic mass is 32.2. The molecule has 0 radical (unpaired) electrons. The first-order chi connectivity index (χ1) is 13.6. The van der Waals surface area contributed by atoms with Gasteiger partial charge in [0.25, 0.3) is 0 Å². The molecule has 2 aromatic heterocycles. The molecule has 3 rings (SSSR count). The van der Waals surface area contributed by atoms with Gasteiger partial charge >= 0.3 is 0 Å². The maximum absolute atomic E-state index is 5.86. The first kappa shape index (κ1) is 19.9. The quantitative estimate of drug-likeness (QED) is 0.464. The van der Waals surface area contributed by atoms with Crippen molar-refractivity contribution in [3.63, 3.8) is 0 Å². The summed E-state index contributed by atoms with van der Waals surface area (Å²) in [7, 11) is 1.66. The molecule has 28 heavy (non-hydrogen) atoms. The van der Waals surface area contributed by atoms with Gasteiger partial charge in [-0.1, -0.05) is 36.4 Å². The second kappa shape index (κ2) is 9.36. The van der Waals surface area contributed by atoms with Crippen molar-refractivity contribution in [2.24, 2.45) is 0 Å². The highest BCUT2D eigenvalue weighted by molar-refractivity contribution is 7.99. The van der Waals surface area contributed by atoms with Gasteiger partial charge in [-0.3, -0.25) is 0 Å². The number of methoxy groups -OCH3 is 1. The smallest absolute Gasteiger partial charge is 0.222 e. The molecule has 1 aromatic carbocycles. The summed E-state index contributed by atoms with van der Waals surface area (Å²) in [6.45, 7) is 4.91. The molecule has 9 nitrogen and oxygen atoms in total. The number of nitrogens with one attached hydrogen (secondary N) is 2. The lowest BCUT2D eigenvalue weighted by molar-refractivity contribution is 0.404. The van der Waals surface area contributed by atoms with E-state index in [1.807, 2.05) is 19.1 Å². The first-order valence-electron chi connectivity index (χ1n) is 9.05. The van der Waals surface area contributed by atoms with E-state index in [4.69, 9.17) is 10.5 Å². The number of aromatic amines is 1. The number of H-pyrrole nitrogens is 1. The minimum Gasteiger partial charge on any atom is -0.496 e. The minimum atomic E-state index is 0.263. The number of tetrazole rings is 1. The van der Waals surface area contributed by atoms with E-state index in [0.717, 1.165) is 52.0 Å². The summed E-state index contributed by atoms with van der Waals surface area (Å²) in [6.07, 6.45) is 2.73. The molecule has 0 atom stereocenters. The number of hydrogen-bond donors (Lipinski definition) is 3. The Morgan fingerprint density at radius 2 is 2.14 bits per heavy atom. The Bertz CT molecular complexity index is 916. The summed E-state index contributed by atoms with van der Waals surface area (Å²) in [5.41, 5.74) is 7.74. The third kappa shape index (κ3) is 4.89. The molecule has 0 aliphatic heterocycles. The molecule has 0 fully saturated rings. The number of rotatable bonds is 9. The largest absolute Gasteiger partial charge is 0.496 e. The molecule has 0 amide bonds. The van der Waals surface area contributed by atoms with Crippen molar-refractivity contribution < 1.29 is 4.74 Å². The average molecular weight is 401 g/mol. The fourth-order valence-electron chi connectivity index (χ4n) is 2.67. The van der Waals surface area contributed by atoms with Crippen molar-refractivity contribution >= 4 is 23.5 Å². The molecule has 0 spiro atoms. The van der Waals surface area contributed by atoms with Crippen LogP contribution in [0, 0.1) is 6.92 Å². The molecule has 4 N–H and O–H groups in total. The van der Waals surface area contributed by atoms with Crippen molar-refractivity contribution in [1.29, 1.82) is 0 Å². The van der Waals surface area contributed by atoms with E-state index in [-0.39, 0.29) is 5.95 Å². The molecule has 148 valence electrons. The number of nitrogens with zero attached hydrogens (tertiary/aromatic N) is 5. The molecule has 0 aliphatic carbocycles. The number of anilines is 2. The standard InChI is InChI=1S/C18H24N8OS/c1-4-5-8-20-17-16(11(2)21-18(19)22-17)28-14-9-12(6-7-13(14)27-3)10-15-23-25-26-24-15/h6-7,9H,4-5,8,10H2,1-3H3,(H3,19,20,21,22)(H,23,24,25,26). The fourth-order valence-corrected chi connectivity index (χ4v) is 3.76. The lowest BCUT2D eigenvalue weighted by Crippen LogP contribution is -2.08. The van der Waals surface area contributed by atoms with Gasteiger partial charge in [0.05, 0.1) is 22.6 Å². The number of nitrogen functional groups attached to an aromatic ring is 1. The van der Waals surface area contributed by atoms with Crippen LogP contribution in [0.2, 0.25) is 0 Å². The third-order valence-electron chi connectivity index (χ3n) is 4.07. The zero-order chi connectivity index (χ0) is 19.9. The Kier molecular flexibility index (Phi) is 6.64. The van der Waals surface area contributed by atoms with Crippen LogP contribution in [0.25, 0.3) is 0 Å². The SMILES string of the molecule is CCCCNc1nc(N)nc(C)c1Sc1cc(Cc2nn[nH]n2)ccc1OC. The summed E-state index contributed by atoms with van der Waals surface area (Å²) in [5.74, 6) is 2.42. The van der Waals surface area contributed by atoms with E-state index in [2.05, 4.69) is 48.9 Å². The second-order valence-electron chi connectivity index (χ2n) is 6.22. The average Bonchev–Trinajstić information content (AvgIpc) is 3.18. The maximum atomic E-state index is 5.86. The highest BCUT2D eigenvalue weighted by Gasteiger charge is 2.16. The monoisotopic (exact) mass is 400 g/mol. The van der Waals surface area contributed by atoms with Gasteiger partial charge in [-0.2, -0.15) is 10.2 Å². The van der Waals surface area contributed by atoms with Crippen molar-refractivity contribution in [3.05, 3.63) is 35.3 Å². The van der Waals surface area contributed by atoms with Crippen molar-refractivity contribution in [2.45, 2.75) is 42.9 Å². The maximum Gasteiger partial charge on any atom is 0.222 e. The third-order valence-corrected chi connectivity index (χ3v) is 5.30. The van der Waals surface area contributed by atoms with Gasteiger partial charge < -0.3 is 15.8 Å². The van der Waals surface area contributed by atoms with Crippen LogP contribution >= 0.6 is 11.8 Å². The van der Waals surface area contributed by atoms with Gasteiger partial charge in [-0.25, -0.2) is 4.98 Å². The van der Waals surface area contributed by atoms with Crippen LogP contribution in [0.1, 0.15) is 36.8 Å². The predicted octanol–water partition coefficient (Wildman–Crippen LogP) is 2.84. The molecule has 0 saturated heterocycles. The van der Waals surface area contributed by atoms with Gasteiger partial charge in [-0.15, -0.1) is 10.2 Å². The zero-order valence-corrected chi connectivity index (χ0v) is 17.0. The van der Waals surface area contributed by atoms with Gasteiger partial charge in [-0.05, 0) is 31.0 Å². The molecule has 3 aromatic rings. The lowest BCUT2D eigenvalue weighted by atomic mass is 10.1. The number of nitrogens with two attached hydrogens (primary N) is 1. The van der Waals surface area contributed by atoms with E-state index < -0.39 is 0 Å². The Morgan fingerprint density at radius 1 is 1.29 bits per heavy atom. The van der Waals surface area contributed by atoms with Crippen LogP contribution < -0.4 is 15.8 Å². The van der Waals surface area contributed by atoms with Crippen molar-refractivity contribution in [1.82, 2.24) is 30.6 Å². The topological polar surface area (TPSA) is 128 Å². The fraction of sp³-hybridized carbons (Fsp3) is 0.389. The van der Waals surface area contributed by atoms with E-state index in [9.17, 15) is 0 Å². The summed E-state index contributed by atoms with van der Waals surface area (Å²) in [5, 5.41) is 17.5. The predicted molar refractivity (Wildman–Crippen MR) is 109 cm³/mol. The number of benzene rings is 1. The molecule has 2 heterocycles. The molecular weight excluding hydrogens is 376 g/mol. The van der Waals surface area contributed by atoms with Gasteiger partial charge in [0, 0.05) is 13.0 Å². The van der Waals surface area contributed by atoms with Crippen LogP contribution in [0.4, 0.5) is 11.8 Å². The normalized spacial score (nSPS) is 10.8. The lowest BCUT2D eigenvalue weighted by Gasteiger charge is -2.15. The number of aromatic nitrogens is 6. The van der Waals surface area contributed by atoms with Crippen LogP contribution in [0.5, 0.6) is 5.75 Å². The van der Waals surface area contributed by atoms with Crippen molar-refractivity contribution in [3.8, 4) is 5.75 Å². The number of hydrogen-bond acceptors (Lipinski definition) is 9. The zero-order valence-electron chi connectivity index (χ0n) is 16.2. The molecular formula is C18H24N8OS. The number of aryl methyl sites for hydroxylation is 1. The summed E-state index contributed by atoms with van der Waals surface area (Å²) in [6, 6.07) is 5.99. The van der Waals surface area contributed by atoms with Crippen LogP contribution in [-0.2, 0) is 6.42 Å².